The minimum Gasteiger partial charge on any atom is -0.504 e. The Kier molecular flexibility index (Phi) is 5.56. The summed E-state index contributed by atoms with van der Waals surface area (Å²) < 4.78 is 27.4. The molecule has 0 spiro atoms. The van der Waals surface area contributed by atoms with Gasteiger partial charge >= 0.3 is 5.97 Å². The highest BCUT2D eigenvalue weighted by Crippen LogP contribution is 2.49. The summed E-state index contributed by atoms with van der Waals surface area (Å²) in [5.74, 6) is 1.04. The van der Waals surface area contributed by atoms with Crippen LogP contribution in [0.2, 0.25) is 0 Å². The van der Waals surface area contributed by atoms with Gasteiger partial charge in [-0.2, -0.15) is 0 Å². The van der Waals surface area contributed by atoms with E-state index in [9.17, 15) is 14.7 Å². The van der Waals surface area contributed by atoms with Crippen molar-refractivity contribution < 1.29 is 38.4 Å². The minimum atomic E-state index is -0.455. The van der Waals surface area contributed by atoms with Gasteiger partial charge in [-0.3, -0.25) is 9.59 Å². The Hall–Kier alpha value is -4.46. The molecule has 0 radical (unpaired) electrons. The summed E-state index contributed by atoms with van der Waals surface area (Å²) in [5.41, 5.74) is 2.39. The molecule has 5 rings (SSSR count). The summed E-state index contributed by atoms with van der Waals surface area (Å²) in [7, 11) is 4.53. The maximum atomic E-state index is 13.2. The molecule has 2 aliphatic heterocycles. The fourth-order valence-corrected chi connectivity index (χ4v) is 4.40. The topological polar surface area (TPSA) is 101 Å². The number of phenolic OH excluding ortho intramolecular Hbond substituents is 1. The lowest BCUT2D eigenvalue weighted by molar-refractivity contribution is -0.135. The van der Waals surface area contributed by atoms with Crippen molar-refractivity contribution in [3.8, 4) is 34.5 Å². The number of Topliss-reactive ketones (excluding diaryl/α,β-unsaturated/α-hetero) is 1. The van der Waals surface area contributed by atoms with E-state index in [1.165, 1.54) is 20.3 Å². The number of allylic oxidation sites excluding steroid dienone is 1. The Labute approximate surface area is 201 Å². The van der Waals surface area contributed by atoms with Gasteiger partial charge in [-0.05, 0) is 53.6 Å². The number of carbonyl (C=O) groups is 2. The van der Waals surface area contributed by atoms with E-state index >= 15 is 0 Å². The van der Waals surface area contributed by atoms with E-state index in [0.29, 0.717) is 39.7 Å². The van der Waals surface area contributed by atoms with Crippen molar-refractivity contribution in [1.82, 2.24) is 0 Å². The van der Waals surface area contributed by atoms with E-state index in [1.54, 1.807) is 55.7 Å². The number of benzene rings is 3. The number of hydrogen-bond acceptors (Lipinski definition) is 8. The second-order valence-electron chi connectivity index (χ2n) is 8.07. The van der Waals surface area contributed by atoms with E-state index in [1.807, 2.05) is 0 Å². The van der Waals surface area contributed by atoms with E-state index < -0.39 is 11.9 Å². The first kappa shape index (κ1) is 22.3. The number of phenols is 1. The quantitative estimate of drug-likeness (QED) is 0.328. The van der Waals surface area contributed by atoms with Crippen molar-refractivity contribution in [1.29, 1.82) is 0 Å². The van der Waals surface area contributed by atoms with E-state index in [4.69, 9.17) is 23.7 Å². The highest BCUT2D eigenvalue weighted by atomic mass is 16.5. The Morgan fingerprint density at radius 2 is 1.66 bits per heavy atom. The monoisotopic (exact) mass is 474 g/mol. The summed E-state index contributed by atoms with van der Waals surface area (Å²) in [4.78, 5) is 25.6. The highest BCUT2D eigenvalue weighted by Gasteiger charge is 2.38. The van der Waals surface area contributed by atoms with Crippen LogP contribution in [0.25, 0.3) is 6.08 Å². The standard InChI is InChI=1S/C27H22O8/c1-31-19-8-4-14(10-22(19)33-3)11-23-26(30)16-6-9-20-25(27(16)35-23)17(13-24(29)34-20)15-5-7-18(28)21(12-15)32-2/h4-12,17,28H,13H2,1-3H3/b23-11-. The molecule has 3 aromatic carbocycles. The van der Waals surface area contributed by atoms with E-state index in [-0.39, 0.29) is 29.5 Å². The summed E-state index contributed by atoms with van der Waals surface area (Å²) in [5, 5.41) is 10.0. The highest BCUT2D eigenvalue weighted by molar-refractivity contribution is 6.15. The molecule has 0 fully saturated rings. The molecule has 0 bridgehead atoms. The summed E-state index contributed by atoms with van der Waals surface area (Å²) >= 11 is 0. The normalized spacial score (nSPS) is 17.3. The molecule has 35 heavy (non-hydrogen) atoms. The van der Waals surface area contributed by atoms with Gasteiger partial charge in [0.05, 0.1) is 33.3 Å². The van der Waals surface area contributed by atoms with Crippen LogP contribution in [-0.4, -0.2) is 38.2 Å². The number of hydrogen-bond donors (Lipinski definition) is 1. The fraction of sp³-hybridized carbons (Fsp3) is 0.185. The summed E-state index contributed by atoms with van der Waals surface area (Å²) in [6.45, 7) is 0. The molecule has 8 heteroatoms. The second kappa shape index (κ2) is 8.72. The van der Waals surface area contributed by atoms with Gasteiger partial charge in [0.2, 0.25) is 5.78 Å². The Bertz CT molecular complexity index is 1390. The third kappa shape index (κ3) is 3.82. The third-order valence-electron chi connectivity index (χ3n) is 6.09. The maximum Gasteiger partial charge on any atom is 0.312 e. The van der Waals surface area contributed by atoms with E-state index in [2.05, 4.69) is 0 Å². The largest absolute Gasteiger partial charge is 0.504 e. The molecule has 0 saturated heterocycles. The number of ketones is 1. The maximum absolute atomic E-state index is 13.2. The van der Waals surface area contributed by atoms with Gasteiger partial charge < -0.3 is 28.8 Å². The van der Waals surface area contributed by atoms with E-state index in [0.717, 1.165) is 5.56 Å². The number of methoxy groups -OCH3 is 3. The van der Waals surface area contributed by atoms with Crippen molar-refractivity contribution in [2.45, 2.75) is 12.3 Å². The van der Waals surface area contributed by atoms with Crippen LogP contribution < -0.4 is 23.7 Å². The van der Waals surface area contributed by atoms with Gasteiger partial charge in [0.1, 0.15) is 11.5 Å². The number of aromatic hydroxyl groups is 1. The predicted octanol–water partition coefficient (Wildman–Crippen LogP) is 4.48. The van der Waals surface area contributed by atoms with Crippen LogP contribution >= 0.6 is 0 Å². The Morgan fingerprint density at radius 1 is 0.886 bits per heavy atom. The van der Waals surface area contributed by atoms with Crippen LogP contribution in [-0.2, 0) is 4.79 Å². The molecular formula is C27H22O8. The van der Waals surface area contributed by atoms with Gasteiger partial charge in [0.25, 0.3) is 0 Å². The fourth-order valence-electron chi connectivity index (χ4n) is 4.40. The van der Waals surface area contributed by atoms with Crippen LogP contribution in [0.3, 0.4) is 0 Å². The van der Waals surface area contributed by atoms with Gasteiger partial charge in [-0.15, -0.1) is 0 Å². The van der Waals surface area contributed by atoms with Gasteiger partial charge in [-0.25, -0.2) is 0 Å². The number of carbonyl (C=O) groups excluding carboxylic acids is 2. The van der Waals surface area contributed by atoms with Crippen LogP contribution in [0.4, 0.5) is 0 Å². The Balaban J connectivity index is 1.58. The van der Waals surface area contributed by atoms with Crippen molar-refractivity contribution in [3.63, 3.8) is 0 Å². The number of rotatable bonds is 5. The van der Waals surface area contributed by atoms with Crippen molar-refractivity contribution in [2.24, 2.45) is 0 Å². The SMILES string of the molecule is COc1cc(C2CC(=O)Oc3ccc4c(c32)O/C(=C\c2ccc(OC)c(OC)c2)C4=O)ccc1O. The molecule has 0 saturated carbocycles. The smallest absolute Gasteiger partial charge is 0.312 e. The molecule has 178 valence electrons. The molecule has 0 aromatic heterocycles. The zero-order valence-electron chi connectivity index (χ0n) is 19.3. The first-order valence-electron chi connectivity index (χ1n) is 10.8. The van der Waals surface area contributed by atoms with Crippen LogP contribution in [0.1, 0.15) is 39.4 Å². The zero-order valence-corrected chi connectivity index (χ0v) is 19.3. The molecule has 0 amide bonds. The first-order chi connectivity index (χ1) is 16.9. The molecule has 1 unspecified atom stereocenters. The molecule has 8 nitrogen and oxygen atoms in total. The van der Waals surface area contributed by atoms with Crippen molar-refractivity contribution >= 4 is 17.8 Å². The third-order valence-corrected chi connectivity index (χ3v) is 6.09. The molecule has 1 N–H and O–H groups in total. The summed E-state index contributed by atoms with van der Waals surface area (Å²) in [6, 6.07) is 13.4. The lowest BCUT2D eigenvalue weighted by atomic mass is 9.84. The minimum absolute atomic E-state index is 0.0142. The molecule has 1 atom stereocenters. The van der Waals surface area contributed by atoms with Crippen LogP contribution in [0, 0.1) is 0 Å². The van der Waals surface area contributed by atoms with Crippen molar-refractivity contribution in [3.05, 3.63) is 76.5 Å². The van der Waals surface area contributed by atoms with Crippen LogP contribution in [0.15, 0.2) is 54.3 Å². The zero-order chi connectivity index (χ0) is 24.7. The molecular weight excluding hydrogens is 452 g/mol. The number of ether oxygens (including phenoxy) is 5. The van der Waals surface area contributed by atoms with Crippen LogP contribution in [0.5, 0.6) is 34.5 Å². The molecule has 2 aliphatic rings. The second-order valence-corrected chi connectivity index (χ2v) is 8.07. The van der Waals surface area contributed by atoms with Gasteiger partial charge in [-0.1, -0.05) is 12.1 Å². The molecule has 3 aromatic rings. The molecule has 0 aliphatic carbocycles. The Morgan fingerprint density at radius 3 is 2.40 bits per heavy atom. The first-order valence-corrected chi connectivity index (χ1v) is 10.8. The average molecular weight is 474 g/mol. The number of esters is 1. The van der Waals surface area contributed by atoms with Gasteiger partial charge in [0, 0.05) is 11.5 Å². The lowest BCUT2D eigenvalue weighted by Gasteiger charge is -2.26. The molecule has 2 heterocycles. The number of fused-ring (bicyclic) bond motifs is 3. The predicted molar refractivity (Wildman–Crippen MR) is 126 cm³/mol. The van der Waals surface area contributed by atoms with Crippen molar-refractivity contribution in [2.75, 3.05) is 21.3 Å². The lowest BCUT2D eigenvalue weighted by Crippen LogP contribution is -2.21. The average Bonchev–Trinajstić information content (AvgIpc) is 3.18. The summed E-state index contributed by atoms with van der Waals surface area (Å²) in [6.07, 6.45) is 1.67. The van der Waals surface area contributed by atoms with Gasteiger partial charge in [0.15, 0.2) is 28.8 Å².